The third kappa shape index (κ3) is 3.55. The van der Waals surface area contributed by atoms with E-state index in [9.17, 15) is 18.4 Å². The second kappa shape index (κ2) is 6.62. The molecule has 1 aromatic rings. The molecule has 0 radical (unpaired) electrons. The predicted molar refractivity (Wildman–Crippen MR) is 72.2 cm³/mol. The van der Waals surface area contributed by atoms with Crippen molar-refractivity contribution in [3.8, 4) is 0 Å². The first kappa shape index (κ1) is 15.4. The Kier molecular flexibility index (Phi) is 4.85. The van der Waals surface area contributed by atoms with E-state index in [1.807, 2.05) is 0 Å². The molecule has 0 bridgehead atoms. The fourth-order valence-electron chi connectivity index (χ4n) is 2.34. The van der Waals surface area contributed by atoms with E-state index in [1.54, 1.807) is 4.90 Å². The Morgan fingerprint density at radius 2 is 2.24 bits per heavy atom. The fraction of sp³-hybridized carbons (Fsp3) is 0.429. The molecule has 114 valence electrons. The number of nitrogens with one attached hydrogen (secondary N) is 2. The third-order valence-electron chi connectivity index (χ3n) is 3.50. The Labute approximate surface area is 121 Å². The number of piperazine rings is 1. The molecule has 2 N–H and O–H groups in total. The van der Waals surface area contributed by atoms with Gasteiger partial charge in [-0.1, -0.05) is 12.1 Å². The van der Waals surface area contributed by atoms with Gasteiger partial charge < -0.3 is 10.6 Å². The molecule has 1 aliphatic heterocycles. The average Bonchev–Trinajstić information content (AvgIpc) is 2.47. The van der Waals surface area contributed by atoms with E-state index >= 15 is 0 Å². The first-order valence-electron chi connectivity index (χ1n) is 6.68. The molecule has 0 aliphatic carbocycles. The number of carbonyl (C=O) groups is 2. The van der Waals surface area contributed by atoms with Crippen LogP contribution in [0.3, 0.4) is 0 Å². The van der Waals surface area contributed by atoms with Crippen LogP contribution in [0.15, 0.2) is 18.2 Å². The lowest BCUT2D eigenvalue weighted by molar-refractivity contribution is -0.134. The summed E-state index contributed by atoms with van der Waals surface area (Å²) in [4.78, 5) is 25.1. The topological polar surface area (TPSA) is 61.4 Å². The van der Waals surface area contributed by atoms with Gasteiger partial charge >= 0.3 is 0 Å². The highest BCUT2D eigenvalue weighted by atomic mass is 19.2. The van der Waals surface area contributed by atoms with Crippen LogP contribution in [0.25, 0.3) is 0 Å². The normalized spacial score (nSPS) is 19.2. The zero-order valence-electron chi connectivity index (χ0n) is 11.7. The van der Waals surface area contributed by atoms with Gasteiger partial charge in [-0.2, -0.15) is 0 Å². The van der Waals surface area contributed by atoms with Crippen molar-refractivity contribution in [1.29, 1.82) is 0 Å². The Morgan fingerprint density at radius 3 is 2.95 bits per heavy atom. The summed E-state index contributed by atoms with van der Waals surface area (Å²) in [5, 5.41) is 5.13. The molecule has 0 unspecified atom stereocenters. The predicted octanol–water partition coefficient (Wildman–Crippen LogP) is 0.401. The van der Waals surface area contributed by atoms with Gasteiger partial charge in [0.1, 0.15) is 0 Å². The summed E-state index contributed by atoms with van der Waals surface area (Å²) in [5.74, 6) is -2.39. The second-order valence-electron chi connectivity index (χ2n) is 4.87. The van der Waals surface area contributed by atoms with Gasteiger partial charge in [-0.3, -0.25) is 14.5 Å². The largest absolute Gasteiger partial charge is 0.359 e. The smallest absolute Gasteiger partial charge is 0.237 e. The van der Waals surface area contributed by atoms with Gasteiger partial charge in [-0.15, -0.1) is 0 Å². The van der Waals surface area contributed by atoms with Crippen molar-refractivity contribution in [2.24, 2.45) is 0 Å². The molecule has 1 atom stereocenters. The summed E-state index contributed by atoms with van der Waals surface area (Å²) in [6, 6.07) is 3.26. The quantitative estimate of drug-likeness (QED) is 0.846. The summed E-state index contributed by atoms with van der Waals surface area (Å²) < 4.78 is 27.0. The van der Waals surface area contributed by atoms with E-state index in [1.165, 1.54) is 19.2 Å². The lowest BCUT2D eigenvalue weighted by Gasteiger charge is -2.34. The highest BCUT2D eigenvalue weighted by molar-refractivity contribution is 5.88. The molecule has 21 heavy (non-hydrogen) atoms. The molecule has 7 heteroatoms. The van der Waals surface area contributed by atoms with Gasteiger partial charge in [0.15, 0.2) is 11.6 Å². The first-order valence-corrected chi connectivity index (χ1v) is 6.68. The van der Waals surface area contributed by atoms with Crippen molar-refractivity contribution >= 4 is 11.8 Å². The van der Waals surface area contributed by atoms with Gasteiger partial charge in [0.2, 0.25) is 11.8 Å². The number of hydrogen-bond donors (Lipinski definition) is 2. The maximum atomic E-state index is 13.7. The van der Waals surface area contributed by atoms with E-state index in [2.05, 4.69) is 10.6 Å². The van der Waals surface area contributed by atoms with Crippen molar-refractivity contribution in [3.63, 3.8) is 0 Å². The minimum atomic E-state index is -0.920. The molecule has 0 saturated carbocycles. The molecule has 1 saturated heterocycles. The van der Waals surface area contributed by atoms with Crippen molar-refractivity contribution in [1.82, 2.24) is 15.5 Å². The molecular formula is C14H17F2N3O2. The molecule has 0 aromatic heterocycles. The van der Waals surface area contributed by atoms with Gasteiger partial charge in [-0.25, -0.2) is 8.78 Å². The van der Waals surface area contributed by atoms with Crippen LogP contribution in [0, 0.1) is 11.6 Å². The number of hydrogen-bond acceptors (Lipinski definition) is 3. The van der Waals surface area contributed by atoms with Crippen LogP contribution in [0.5, 0.6) is 0 Å². The van der Waals surface area contributed by atoms with Crippen molar-refractivity contribution in [3.05, 3.63) is 35.4 Å². The zero-order valence-corrected chi connectivity index (χ0v) is 11.7. The number of rotatable bonds is 4. The number of nitrogens with zero attached hydrogens (tertiary/aromatic N) is 1. The summed E-state index contributed by atoms with van der Waals surface area (Å²) in [5.41, 5.74) is 0.173. The molecule has 0 spiro atoms. The monoisotopic (exact) mass is 297 g/mol. The van der Waals surface area contributed by atoms with Crippen LogP contribution < -0.4 is 10.6 Å². The maximum absolute atomic E-state index is 13.7. The Morgan fingerprint density at radius 1 is 1.48 bits per heavy atom. The summed E-state index contributed by atoms with van der Waals surface area (Å²) in [6.45, 7) is 0.974. The van der Waals surface area contributed by atoms with Crippen molar-refractivity contribution < 1.29 is 18.4 Å². The van der Waals surface area contributed by atoms with E-state index in [0.717, 1.165) is 6.07 Å². The standard InChI is InChI=1S/C14H17F2N3O2/c1-17-12(20)7-11-14(21)18-5-6-19(11)8-9-3-2-4-10(15)13(9)16/h2-4,11H,5-8H2,1H3,(H,17,20)(H,18,21)/t11-/m0/s1. The summed E-state index contributed by atoms with van der Waals surface area (Å²) >= 11 is 0. The van der Waals surface area contributed by atoms with Crippen LogP contribution in [-0.2, 0) is 16.1 Å². The Hall–Kier alpha value is -2.02. The SMILES string of the molecule is CNC(=O)C[C@H]1C(=O)NCCN1Cc1cccc(F)c1F. The molecule has 1 aliphatic rings. The lowest BCUT2D eigenvalue weighted by atomic mass is 10.1. The molecule has 2 rings (SSSR count). The van der Waals surface area contributed by atoms with Crippen LogP contribution in [0.4, 0.5) is 8.78 Å². The third-order valence-corrected chi connectivity index (χ3v) is 3.50. The zero-order chi connectivity index (χ0) is 15.4. The molecule has 1 fully saturated rings. The van der Waals surface area contributed by atoms with Gasteiger partial charge in [0.25, 0.3) is 0 Å². The molecule has 5 nitrogen and oxygen atoms in total. The van der Waals surface area contributed by atoms with Crippen LogP contribution >= 0.6 is 0 Å². The summed E-state index contributed by atoms with van der Waals surface area (Å²) in [6.07, 6.45) is -0.0146. The number of carbonyl (C=O) groups excluding carboxylic acids is 2. The van der Waals surface area contributed by atoms with E-state index < -0.39 is 17.7 Å². The van der Waals surface area contributed by atoms with E-state index in [0.29, 0.717) is 13.1 Å². The number of benzene rings is 1. The van der Waals surface area contributed by atoms with Crippen LogP contribution in [-0.4, -0.2) is 42.9 Å². The average molecular weight is 297 g/mol. The minimum absolute atomic E-state index is 0.0146. The Bertz CT molecular complexity index is 551. The van der Waals surface area contributed by atoms with Crippen LogP contribution in [0.2, 0.25) is 0 Å². The second-order valence-corrected chi connectivity index (χ2v) is 4.87. The van der Waals surface area contributed by atoms with Crippen LogP contribution in [0.1, 0.15) is 12.0 Å². The molecule has 1 aromatic carbocycles. The van der Waals surface area contributed by atoms with Crippen molar-refractivity contribution in [2.45, 2.75) is 19.0 Å². The van der Waals surface area contributed by atoms with Crippen molar-refractivity contribution in [2.75, 3.05) is 20.1 Å². The fourth-order valence-corrected chi connectivity index (χ4v) is 2.34. The maximum Gasteiger partial charge on any atom is 0.237 e. The molecule has 2 amide bonds. The van der Waals surface area contributed by atoms with Gasteiger partial charge in [0.05, 0.1) is 12.5 Å². The number of halogens is 2. The highest BCUT2D eigenvalue weighted by Gasteiger charge is 2.31. The van der Waals surface area contributed by atoms with E-state index in [-0.39, 0.29) is 30.3 Å². The molecular weight excluding hydrogens is 280 g/mol. The number of amides is 2. The van der Waals surface area contributed by atoms with E-state index in [4.69, 9.17) is 0 Å². The van der Waals surface area contributed by atoms with Gasteiger partial charge in [0, 0.05) is 32.2 Å². The molecule has 1 heterocycles. The first-order chi connectivity index (χ1) is 10.0. The summed E-state index contributed by atoms with van der Waals surface area (Å²) in [7, 11) is 1.49. The lowest BCUT2D eigenvalue weighted by Crippen LogP contribution is -2.56. The highest BCUT2D eigenvalue weighted by Crippen LogP contribution is 2.17. The Balaban J connectivity index is 2.17. The minimum Gasteiger partial charge on any atom is -0.359 e. The van der Waals surface area contributed by atoms with Gasteiger partial charge in [-0.05, 0) is 6.07 Å².